The van der Waals surface area contributed by atoms with E-state index in [2.05, 4.69) is 20.6 Å². The average Bonchev–Trinajstić information content (AvgIpc) is 2.78. The van der Waals surface area contributed by atoms with Gasteiger partial charge in [-0.2, -0.15) is 5.10 Å². The summed E-state index contributed by atoms with van der Waals surface area (Å²) in [6, 6.07) is 13.7. The molecule has 0 amide bonds. The van der Waals surface area contributed by atoms with Crippen LogP contribution in [0.1, 0.15) is 44.6 Å². The largest absolute Gasteiger partial charge is 0.497 e. The lowest BCUT2D eigenvalue weighted by molar-refractivity contribution is 0.412. The highest BCUT2D eigenvalue weighted by Gasteiger charge is 2.15. The van der Waals surface area contributed by atoms with E-state index < -0.39 is 10.0 Å². The molecule has 0 heterocycles. The maximum Gasteiger partial charge on any atom is 0.261 e. The number of thiocarbonyl (C=S) groups is 1. The predicted molar refractivity (Wildman–Crippen MR) is 128 cm³/mol. The van der Waals surface area contributed by atoms with Gasteiger partial charge in [-0.15, -0.1) is 0 Å². The van der Waals surface area contributed by atoms with Gasteiger partial charge in [-0.3, -0.25) is 10.1 Å². The van der Waals surface area contributed by atoms with Crippen molar-refractivity contribution in [3.8, 4) is 5.75 Å². The molecule has 0 spiro atoms. The van der Waals surface area contributed by atoms with E-state index in [-0.39, 0.29) is 4.90 Å². The zero-order valence-corrected chi connectivity index (χ0v) is 19.4. The third-order valence-electron chi connectivity index (χ3n) is 5.19. The molecular weight excluding hydrogens is 432 g/mol. The molecule has 166 valence electrons. The zero-order valence-electron chi connectivity index (χ0n) is 17.7. The van der Waals surface area contributed by atoms with Crippen molar-refractivity contribution in [2.45, 2.75) is 50.0 Å². The van der Waals surface area contributed by atoms with E-state index in [4.69, 9.17) is 17.0 Å². The lowest BCUT2D eigenvalue weighted by atomic mass is 9.96. The molecule has 2 aromatic carbocycles. The first-order chi connectivity index (χ1) is 14.9. The number of hydrogen-bond donors (Lipinski definition) is 3. The Bertz CT molecular complexity index is 1010. The van der Waals surface area contributed by atoms with Crippen molar-refractivity contribution in [2.75, 3.05) is 11.8 Å². The minimum atomic E-state index is -3.69. The van der Waals surface area contributed by atoms with Crippen LogP contribution in [-0.2, 0) is 10.0 Å². The number of methoxy groups -OCH3 is 1. The lowest BCUT2D eigenvalue weighted by Crippen LogP contribution is -2.41. The van der Waals surface area contributed by atoms with E-state index in [1.165, 1.54) is 19.3 Å². The van der Waals surface area contributed by atoms with Crippen molar-refractivity contribution < 1.29 is 13.2 Å². The summed E-state index contributed by atoms with van der Waals surface area (Å²) in [7, 11) is -2.14. The van der Waals surface area contributed by atoms with Gasteiger partial charge in [0, 0.05) is 11.7 Å². The van der Waals surface area contributed by atoms with Crippen molar-refractivity contribution in [3.05, 3.63) is 54.1 Å². The van der Waals surface area contributed by atoms with Gasteiger partial charge < -0.3 is 10.1 Å². The molecule has 9 heteroatoms. The Hall–Kier alpha value is -2.65. The van der Waals surface area contributed by atoms with Crippen LogP contribution < -0.4 is 20.2 Å². The number of rotatable bonds is 7. The SMILES string of the molecule is COc1ccc(NS(=O)(=O)c2ccc(C(C)=NNC(=S)NC3CCCCC3)cc2)cc1. The predicted octanol–water partition coefficient (Wildman–Crippen LogP) is 4.02. The monoisotopic (exact) mass is 460 g/mol. The highest BCUT2D eigenvalue weighted by Crippen LogP contribution is 2.20. The van der Waals surface area contributed by atoms with Crippen molar-refractivity contribution in [2.24, 2.45) is 5.10 Å². The molecule has 1 fully saturated rings. The number of sulfonamides is 1. The van der Waals surface area contributed by atoms with E-state index in [1.54, 1.807) is 55.6 Å². The summed E-state index contributed by atoms with van der Waals surface area (Å²) in [4.78, 5) is 0.169. The van der Waals surface area contributed by atoms with Crippen molar-refractivity contribution in [1.29, 1.82) is 0 Å². The van der Waals surface area contributed by atoms with Gasteiger partial charge >= 0.3 is 0 Å². The van der Waals surface area contributed by atoms with Crippen LogP contribution in [0.3, 0.4) is 0 Å². The molecule has 7 nitrogen and oxygen atoms in total. The maximum absolute atomic E-state index is 12.6. The molecule has 2 aromatic rings. The summed E-state index contributed by atoms with van der Waals surface area (Å²) in [5.41, 5.74) is 4.86. The first kappa shape index (κ1) is 23.0. The molecule has 3 rings (SSSR count). The number of ether oxygens (including phenoxy) is 1. The topological polar surface area (TPSA) is 91.8 Å². The second kappa shape index (κ2) is 10.6. The summed E-state index contributed by atoms with van der Waals surface area (Å²) in [5.74, 6) is 0.657. The summed E-state index contributed by atoms with van der Waals surface area (Å²) in [6.45, 7) is 1.84. The lowest BCUT2D eigenvalue weighted by Gasteiger charge is -2.23. The Morgan fingerprint density at radius 1 is 1.03 bits per heavy atom. The van der Waals surface area contributed by atoms with Gasteiger partial charge in [0.25, 0.3) is 10.0 Å². The standard InChI is InChI=1S/C22H28N4O3S2/c1-16(24-25-22(30)23-18-6-4-3-5-7-18)17-8-14-21(15-9-17)31(27,28)26-19-10-12-20(29-2)13-11-19/h8-15,18,26H,3-7H2,1-2H3,(H2,23,25,30). The minimum Gasteiger partial charge on any atom is -0.497 e. The van der Waals surface area contributed by atoms with Crippen LogP contribution in [0.5, 0.6) is 5.75 Å². The van der Waals surface area contributed by atoms with E-state index in [0.29, 0.717) is 28.3 Å². The average molecular weight is 461 g/mol. The molecule has 0 aromatic heterocycles. The number of anilines is 1. The Morgan fingerprint density at radius 2 is 1.68 bits per heavy atom. The van der Waals surface area contributed by atoms with E-state index in [9.17, 15) is 8.42 Å². The Labute approximate surface area is 189 Å². The molecule has 1 saturated carbocycles. The molecule has 0 saturated heterocycles. The number of nitrogens with zero attached hydrogens (tertiary/aromatic N) is 1. The van der Waals surface area contributed by atoms with Crippen LogP contribution >= 0.6 is 12.2 Å². The number of benzene rings is 2. The van der Waals surface area contributed by atoms with Crippen LogP contribution in [0, 0.1) is 0 Å². The number of nitrogens with one attached hydrogen (secondary N) is 3. The molecule has 0 unspecified atom stereocenters. The fraction of sp³-hybridized carbons (Fsp3) is 0.364. The molecule has 1 aliphatic carbocycles. The van der Waals surface area contributed by atoms with Crippen molar-refractivity contribution in [1.82, 2.24) is 10.7 Å². The second-order valence-electron chi connectivity index (χ2n) is 7.48. The van der Waals surface area contributed by atoms with Crippen LogP contribution in [0.2, 0.25) is 0 Å². The van der Waals surface area contributed by atoms with Crippen LogP contribution in [0.15, 0.2) is 58.5 Å². The maximum atomic E-state index is 12.6. The fourth-order valence-electron chi connectivity index (χ4n) is 3.41. The minimum absolute atomic E-state index is 0.169. The number of hydrogen-bond acceptors (Lipinski definition) is 5. The van der Waals surface area contributed by atoms with Gasteiger partial charge in [-0.1, -0.05) is 31.4 Å². The van der Waals surface area contributed by atoms with Gasteiger partial charge in [0.1, 0.15) is 5.75 Å². The summed E-state index contributed by atoms with van der Waals surface area (Å²) < 4.78 is 32.9. The molecule has 31 heavy (non-hydrogen) atoms. The Kier molecular flexibility index (Phi) is 7.86. The zero-order chi connectivity index (χ0) is 22.3. The molecule has 0 radical (unpaired) electrons. The van der Waals surface area contributed by atoms with Crippen LogP contribution in [0.25, 0.3) is 0 Å². The summed E-state index contributed by atoms with van der Waals surface area (Å²) >= 11 is 5.33. The molecule has 3 N–H and O–H groups in total. The van der Waals surface area contributed by atoms with Crippen molar-refractivity contribution in [3.63, 3.8) is 0 Å². The normalized spacial score (nSPS) is 15.2. The third kappa shape index (κ3) is 6.67. The summed E-state index contributed by atoms with van der Waals surface area (Å²) in [5, 5.41) is 8.13. The first-order valence-corrected chi connectivity index (χ1v) is 12.1. The van der Waals surface area contributed by atoms with Gasteiger partial charge in [0.2, 0.25) is 0 Å². The first-order valence-electron chi connectivity index (χ1n) is 10.3. The quantitative estimate of drug-likeness (QED) is 0.328. The fourth-order valence-corrected chi connectivity index (χ4v) is 4.68. The van der Waals surface area contributed by atoms with Gasteiger partial charge in [-0.05, 0) is 73.9 Å². The van der Waals surface area contributed by atoms with E-state index in [1.807, 2.05) is 6.92 Å². The highest BCUT2D eigenvalue weighted by molar-refractivity contribution is 7.92. The van der Waals surface area contributed by atoms with E-state index in [0.717, 1.165) is 18.4 Å². The van der Waals surface area contributed by atoms with Gasteiger partial charge in [0.05, 0.1) is 17.7 Å². The molecular formula is C22H28N4O3S2. The van der Waals surface area contributed by atoms with E-state index >= 15 is 0 Å². The third-order valence-corrected chi connectivity index (χ3v) is 6.80. The molecule has 0 bridgehead atoms. The molecule has 0 atom stereocenters. The smallest absolute Gasteiger partial charge is 0.261 e. The summed E-state index contributed by atoms with van der Waals surface area (Å²) in [6.07, 6.45) is 6.00. The van der Waals surface area contributed by atoms with Gasteiger partial charge in [0.15, 0.2) is 5.11 Å². The molecule has 0 aliphatic heterocycles. The number of hydrazone groups is 1. The second-order valence-corrected chi connectivity index (χ2v) is 9.57. The highest BCUT2D eigenvalue weighted by atomic mass is 32.2. The van der Waals surface area contributed by atoms with Crippen LogP contribution in [0.4, 0.5) is 5.69 Å². The molecule has 1 aliphatic rings. The Balaban J connectivity index is 1.59. The van der Waals surface area contributed by atoms with Crippen LogP contribution in [-0.4, -0.2) is 32.4 Å². The van der Waals surface area contributed by atoms with Gasteiger partial charge in [-0.25, -0.2) is 8.42 Å². The van der Waals surface area contributed by atoms with Crippen molar-refractivity contribution >= 4 is 38.8 Å². The Morgan fingerprint density at radius 3 is 2.29 bits per heavy atom.